The molecule has 0 amide bonds. The van der Waals surface area contributed by atoms with Crippen molar-refractivity contribution in [3.05, 3.63) is 29.8 Å². The Morgan fingerprint density at radius 3 is 2.18 bits per heavy atom. The first kappa shape index (κ1) is 13.2. The first-order valence-electron chi connectivity index (χ1n) is 6.22. The molecule has 96 valence electrons. The second-order valence-electron chi connectivity index (χ2n) is 6.22. The molecule has 2 heteroatoms. The third-order valence-electron chi connectivity index (χ3n) is 3.71. The van der Waals surface area contributed by atoms with Crippen molar-refractivity contribution < 1.29 is 0 Å². The van der Waals surface area contributed by atoms with E-state index in [4.69, 9.17) is 0 Å². The fourth-order valence-corrected chi connectivity index (χ4v) is 9.25. The minimum atomic E-state index is -1.11. The number of nitrogens with zero attached hydrogens (tertiary/aromatic N) is 1. The molecule has 2 rings (SSSR count). The van der Waals surface area contributed by atoms with Crippen LogP contribution in [0.1, 0.15) is 39.7 Å². The van der Waals surface area contributed by atoms with Crippen molar-refractivity contribution >= 4 is 25.8 Å². The Hall–Kier alpha value is -0.250. The van der Waals surface area contributed by atoms with Crippen LogP contribution in [0.5, 0.6) is 0 Å². The maximum absolute atomic E-state index is 2.77. The van der Waals surface area contributed by atoms with Gasteiger partial charge in [0.15, 0.2) is 0 Å². The molecule has 1 aliphatic rings. The van der Waals surface area contributed by atoms with Gasteiger partial charge in [0.2, 0.25) is 0 Å². The molecule has 1 heterocycles. The molecule has 1 saturated heterocycles. The average Bonchev–Trinajstić information content (AvgIpc) is 2.34. The molecule has 1 aromatic rings. The second kappa shape index (κ2) is 4.15. The van der Waals surface area contributed by atoms with Crippen LogP contribution in [0.4, 0.5) is 5.69 Å². The van der Waals surface area contributed by atoms with Gasteiger partial charge in [-0.05, 0) is 0 Å². The van der Waals surface area contributed by atoms with E-state index in [1.54, 1.807) is 0 Å². The van der Waals surface area contributed by atoms with Gasteiger partial charge in [-0.1, -0.05) is 0 Å². The second-order valence-corrected chi connectivity index (χ2v) is 12.6. The van der Waals surface area contributed by atoms with E-state index in [1.807, 2.05) is 0 Å². The Labute approximate surface area is 113 Å². The van der Waals surface area contributed by atoms with Gasteiger partial charge in [-0.25, -0.2) is 0 Å². The van der Waals surface area contributed by atoms with E-state index in [1.165, 1.54) is 17.7 Å². The van der Waals surface area contributed by atoms with E-state index in [9.17, 15) is 0 Å². The zero-order valence-electron chi connectivity index (χ0n) is 11.8. The van der Waals surface area contributed by atoms with Gasteiger partial charge in [-0.3, -0.25) is 0 Å². The average molecular weight is 345 g/mol. The molecule has 0 bridgehead atoms. The van der Waals surface area contributed by atoms with Crippen LogP contribution < -0.4 is 3.11 Å². The summed E-state index contributed by atoms with van der Waals surface area (Å²) in [6.07, 6.45) is 1.32. The summed E-state index contributed by atoms with van der Waals surface area (Å²) in [5, 5.41) is 0. The van der Waals surface area contributed by atoms with Gasteiger partial charge in [0.05, 0.1) is 0 Å². The standard InChI is InChI=1S/C15H24IN/c1-12-9-7-8-10-13(12)17-15(4,5)11-14(2,3)16(17)6/h7-10H,11H2,1-6H3. The SMILES string of the molecule is Cc1ccccc1N1I(C)C(C)(C)CC1(C)C. The van der Waals surface area contributed by atoms with Crippen molar-refractivity contribution in [2.75, 3.05) is 8.04 Å². The first-order valence-corrected chi connectivity index (χ1v) is 10.4. The number of hydrogen-bond acceptors (Lipinski definition) is 1. The van der Waals surface area contributed by atoms with Gasteiger partial charge >= 0.3 is 114 Å². The molecule has 0 aromatic heterocycles. The number of para-hydroxylation sites is 1. The fraction of sp³-hybridized carbons (Fsp3) is 0.600. The monoisotopic (exact) mass is 345 g/mol. The van der Waals surface area contributed by atoms with E-state index in [0.29, 0.717) is 8.96 Å². The zero-order valence-corrected chi connectivity index (χ0v) is 14.0. The van der Waals surface area contributed by atoms with E-state index in [-0.39, 0.29) is 0 Å². The summed E-state index contributed by atoms with van der Waals surface area (Å²) in [6, 6.07) is 8.85. The van der Waals surface area contributed by atoms with Crippen LogP contribution in [0.25, 0.3) is 0 Å². The van der Waals surface area contributed by atoms with Crippen LogP contribution in [-0.2, 0) is 0 Å². The summed E-state index contributed by atoms with van der Waals surface area (Å²) in [7, 11) is 0. The van der Waals surface area contributed by atoms with Crippen molar-refractivity contribution in [3.63, 3.8) is 0 Å². The van der Waals surface area contributed by atoms with E-state index in [0.717, 1.165) is 0 Å². The third kappa shape index (κ3) is 2.20. The number of hydrogen-bond donors (Lipinski definition) is 0. The van der Waals surface area contributed by atoms with Gasteiger partial charge in [0, 0.05) is 0 Å². The number of anilines is 1. The van der Waals surface area contributed by atoms with Gasteiger partial charge in [-0.2, -0.15) is 0 Å². The Kier molecular flexibility index (Phi) is 3.22. The minimum absolute atomic E-state index is 0.315. The molecular weight excluding hydrogens is 321 g/mol. The summed E-state index contributed by atoms with van der Waals surface area (Å²) in [5.74, 6) is 0. The Morgan fingerprint density at radius 2 is 1.71 bits per heavy atom. The molecule has 17 heavy (non-hydrogen) atoms. The molecule has 0 aliphatic carbocycles. The molecule has 1 nitrogen and oxygen atoms in total. The Balaban J connectivity index is 2.48. The van der Waals surface area contributed by atoms with Gasteiger partial charge < -0.3 is 0 Å². The molecule has 0 spiro atoms. The molecular formula is C15H24IN. The van der Waals surface area contributed by atoms with Crippen LogP contribution in [0.2, 0.25) is 0 Å². The summed E-state index contributed by atoms with van der Waals surface area (Å²) in [4.78, 5) is 2.52. The van der Waals surface area contributed by atoms with E-state index in [2.05, 4.69) is 66.9 Å². The molecule has 1 aliphatic heterocycles. The first-order chi connectivity index (χ1) is 7.76. The number of alkyl halides is 2. The van der Waals surface area contributed by atoms with Gasteiger partial charge in [0.1, 0.15) is 0 Å². The number of benzene rings is 1. The van der Waals surface area contributed by atoms with Gasteiger partial charge in [-0.15, -0.1) is 0 Å². The normalized spacial score (nSPS) is 24.1. The molecule has 0 atom stereocenters. The van der Waals surface area contributed by atoms with Crippen LogP contribution in [0.15, 0.2) is 24.3 Å². The number of aryl methyl sites for hydroxylation is 1. The maximum atomic E-state index is 2.77. The summed E-state index contributed by atoms with van der Waals surface area (Å²) in [6.45, 7) is 12.0. The predicted molar refractivity (Wildman–Crippen MR) is 86.4 cm³/mol. The topological polar surface area (TPSA) is 3.24 Å². The molecule has 0 radical (unpaired) electrons. The zero-order chi connectivity index (χ0) is 12.8. The van der Waals surface area contributed by atoms with Crippen molar-refractivity contribution in [3.8, 4) is 0 Å². The van der Waals surface area contributed by atoms with Crippen molar-refractivity contribution in [1.29, 1.82) is 0 Å². The molecule has 0 saturated carbocycles. The molecule has 0 N–H and O–H groups in total. The summed E-state index contributed by atoms with van der Waals surface area (Å²) >= 11 is -1.11. The molecule has 0 unspecified atom stereocenters. The molecule has 1 fully saturated rings. The quantitative estimate of drug-likeness (QED) is 0.401. The van der Waals surface area contributed by atoms with Gasteiger partial charge in [0.25, 0.3) is 0 Å². The van der Waals surface area contributed by atoms with Crippen LogP contribution in [0.3, 0.4) is 0 Å². The van der Waals surface area contributed by atoms with Crippen LogP contribution in [-0.4, -0.2) is 13.9 Å². The van der Waals surface area contributed by atoms with E-state index < -0.39 is 20.1 Å². The number of halogens is 1. The predicted octanol–water partition coefficient (Wildman–Crippen LogP) is 4.81. The van der Waals surface area contributed by atoms with Crippen molar-refractivity contribution in [2.24, 2.45) is 0 Å². The van der Waals surface area contributed by atoms with Crippen LogP contribution >= 0.6 is 20.1 Å². The van der Waals surface area contributed by atoms with Crippen molar-refractivity contribution in [1.82, 2.24) is 0 Å². The molecule has 1 aromatic carbocycles. The summed E-state index contributed by atoms with van der Waals surface area (Å²) in [5.41, 5.74) is 3.20. The summed E-state index contributed by atoms with van der Waals surface area (Å²) < 4.78 is 3.31. The van der Waals surface area contributed by atoms with Crippen molar-refractivity contribution in [2.45, 2.75) is 50.0 Å². The Morgan fingerprint density at radius 1 is 1.12 bits per heavy atom. The fourth-order valence-electron chi connectivity index (χ4n) is 3.01. The van der Waals surface area contributed by atoms with E-state index >= 15 is 0 Å². The van der Waals surface area contributed by atoms with Crippen LogP contribution in [0, 0.1) is 6.92 Å². The third-order valence-corrected chi connectivity index (χ3v) is 11.6. The number of rotatable bonds is 1. The Bertz CT molecular complexity index is 423.